The fourth-order valence-corrected chi connectivity index (χ4v) is 3.48. The minimum Gasteiger partial charge on any atom is -0.348 e. The minimum absolute atomic E-state index is 0.116. The lowest BCUT2D eigenvalue weighted by Crippen LogP contribution is -2.41. The molecule has 8 heteroatoms. The third-order valence-electron chi connectivity index (χ3n) is 4.10. The van der Waals surface area contributed by atoms with Crippen LogP contribution in [0.25, 0.3) is 0 Å². The Balaban J connectivity index is 2.20. The van der Waals surface area contributed by atoms with Gasteiger partial charge in [0.05, 0.1) is 18.0 Å². The molecule has 0 spiro atoms. The van der Waals surface area contributed by atoms with Gasteiger partial charge in [0.2, 0.25) is 15.9 Å². The van der Waals surface area contributed by atoms with Crippen LogP contribution >= 0.6 is 0 Å². The minimum atomic E-state index is -3.87. The van der Waals surface area contributed by atoms with Crippen molar-refractivity contribution in [1.29, 1.82) is 0 Å². The van der Waals surface area contributed by atoms with Gasteiger partial charge in [0.1, 0.15) is 6.54 Å². The highest BCUT2D eigenvalue weighted by atomic mass is 32.2. The molecule has 0 heterocycles. The van der Waals surface area contributed by atoms with E-state index in [0.717, 1.165) is 39.9 Å². The van der Waals surface area contributed by atoms with E-state index in [1.165, 1.54) is 0 Å². The van der Waals surface area contributed by atoms with Crippen LogP contribution < -0.4 is 9.62 Å². The summed E-state index contributed by atoms with van der Waals surface area (Å²) in [5.74, 6) is -2.83. The highest BCUT2D eigenvalue weighted by molar-refractivity contribution is 7.92. The quantitative estimate of drug-likeness (QED) is 0.781. The molecule has 0 aromatic heterocycles. The molecule has 2 aromatic rings. The van der Waals surface area contributed by atoms with E-state index in [9.17, 15) is 22.0 Å². The number of hydrogen-bond donors (Lipinski definition) is 1. The van der Waals surface area contributed by atoms with Gasteiger partial charge in [0, 0.05) is 6.07 Å². The Hall–Kier alpha value is -2.48. The normalized spacial score (nSPS) is 12.5. The highest BCUT2D eigenvalue weighted by Gasteiger charge is 2.23. The molecule has 0 aliphatic rings. The number of sulfonamides is 1. The van der Waals surface area contributed by atoms with Crippen LogP contribution in [0.15, 0.2) is 42.5 Å². The summed E-state index contributed by atoms with van der Waals surface area (Å²) in [7, 11) is -3.87. The molecule has 146 valence electrons. The van der Waals surface area contributed by atoms with Gasteiger partial charge < -0.3 is 5.32 Å². The number of carbonyl (C=O) groups is 1. The summed E-state index contributed by atoms with van der Waals surface area (Å²) in [5.41, 5.74) is 1.87. The molecule has 5 nitrogen and oxygen atoms in total. The second-order valence-corrected chi connectivity index (χ2v) is 8.21. The van der Waals surface area contributed by atoms with Gasteiger partial charge in [-0.15, -0.1) is 0 Å². The number of rotatable bonds is 7. The van der Waals surface area contributed by atoms with Gasteiger partial charge in [-0.2, -0.15) is 0 Å². The van der Waals surface area contributed by atoms with Gasteiger partial charge in [-0.25, -0.2) is 17.2 Å². The topological polar surface area (TPSA) is 66.5 Å². The predicted molar refractivity (Wildman–Crippen MR) is 101 cm³/mol. The molecule has 1 atom stereocenters. The average molecular weight is 396 g/mol. The van der Waals surface area contributed by atoms with Crippen LogP contribution in [0, 0.1) is 18.6 Å². The van der Waals surface area contributed by atoms with E-state index in [-0.39, 0.29) is 11.7 Å². The summed E-state index contributed by atoms with van der Waals surface area (Å²) in [5, 5.41) is 2.79. The molecule has 0 fully saturated rings. The lowest BCUT2D eigenvalue weighted by molar-refractivity contribution is -0.120. The van der Waals surface area contributed by atoms with Crippen LogP contribution in [0.2, 0.25) is 0 Å². The Morgan fingerprint density at radius 3 is 2.26 bits per heavy atom. The van der Waals surface area contributed by atoms with E-state index >= 15 is 0 Å². The molecule has 2 aromatic carbocycles. The maximum atomic E-state index is 13.5. The number of aryl methyl sites for hydroxylation is 1. The fourth-order valence-electron chi connectivity index (χ4n) is 2.63. The Labute approximate surface area is 158 Å². The summed E-state index contributed by atoms with van der Waals surface area (Å²) in [6.07, 6.45) is 1.51. The monoisotopic (exact) mass is 396 g/mol. The number of halogens is 2. The molecule has 0 saturated heterocycles. The zero-order chi connectivity index (χ0) is 20.2. The molecular weight excluding hydrogens is 374 g/mol. The Morgan fingerprint density at radius 1 is 1.11 bits per heavy atom. The van der Waals surface area contributed by atoms with Gasteiger partial charge in [0.25, 0.3) is 0 Å². The first-order chi connectivity index (χ1) is 12.6. The summed E-state index contributed by atoms with van der Waals surface area (Å²) < 4.78 is 51.5. The van der Waals surface area contributed by atoms with Crippen LogP contribution in [0.5, 0.6) is 0 Å². The number of nitrogens with zero attached hydrogens (tertiary/aromatic N) is 1. The van der Waals surface area contributed by atoms with E-state index in [2.05, 4.69) is 5.32 Å². The summed E-state index contributed by atoms with van der Waals surface area (Å²) in [6, 6.07) is 10.0. The van der Waals surface area contributed by atoms with Gasteiger partial charge in [0.15, 0.2) is 11.6 Å². The zero-order valence-corrected chi connectivity index (χ0v) is 16.2. The van der Waals surface area contributed by atoms with Crippen molar-refractivity contribution in [2.45, 2.75) is 26.3 Å². The Kier molecular flexibility index (Phi) is 6.54. The first-order valence-corrected chi connectivity index (χ1v) is 10.3. The first-order valence-electron chi connectivity index (χ1n) is 8.40. The number of carbonyl (C=O) groups excluding carboxylic acids is 1. The maximum absolute atomic E-state index is 13.5. The van der Waals surface area contributed by atoms with Crippen LogP contribution in [0.1, 0.15) is 30.5 Å². The second-order valence-electron chi connectivity index (χ2n) is 6.31. The first kappa shape index (κ1) is 20.8. The van der Waals surface area contributed by atoms with Crippen molar-refractivity contribution in [3.63, 3.8) is 0 Å². The van der Waals surface area contributed by atoms with Crippen molar-refractivity contribution in [1.82, 2.24) is 5.32 Å². The lowest BCUT2D eigenvalue weighted by Gasteiger charge is -2.24. The molecule has 1 amide bonds. The highest BCUT2D eigenvalue weighted by Crippen LogP contribution is 2.21. The molecule has 0 saturated carbocycles. The van der Waals surface area contributed by atoms with Crippen molar-refractivity contribution in [3.8, 4) is 0 Å². The van der Waals surface area contributed by atoms with Crippen molar-refractivity contribution in [2.24, 2.45) is 0 Å². The van der Waals surface area contributed by atoms with Crippen molar-refractivity contribution >= 4 is 21.6 Å². The summed E-state index contributed by atoms with van der Waals surface area (Å²) >= 11 is 0. The van der Waals surface area contributed by atoms with Crippen LogP contribution in [-0.4, -0.2) is 27.1 Å². The smallest absolute Gasteiger partial charge is 0.241 e. The maximum Gasteiger partial charge on any atom is 0.241 e. The van der Waals surface area contributed by atoms with Gasteiger partial charge in [-0.1, -0.05) is 36.8 Å². The zero-order valence-electron chi connectivity index (χ0n) is 15.4. The van der Waals surface area contributed by atoms with Crippen molar-refractivity contribution in [3.05, 3.63) is 65.2 Å². The van der Waals surface area contributed by atoms with Gasteiger partial charge in [-0.3, -0.25) is 9.10 Å². The molecule has 0 aliphatic heterocycles. The second kappa shape index (κ2) is 8.47. The van der Waals surface area contributed by atoms with Crippen LogP contribution in [-0.2, 0) is 14.8 Å². The molecule has 27 heavy (non-hydrogen) atoms. The molecule has 1 unspecified atom stereocenters. The number of hydrogen-bond acceptors (Lipinski definition) is 3. The number of nitrogens with one attached hydrogen (secondary N) is 1. The molecular formula is C19H22F2N2O3S. The predicted octanol–water partition coefficient (Wildman–Crippen LogP) is 3.31. The van der Waals surface area contributed by atoms with Crippen molar-refractivity contribution in [2.75, 3.05) is 17.1 Å². The number of benzene rings is 2. The standard InChI is InChI=1S/C19H22F2N2O3S/c1-4-18(14-7-5-13(2)6-8-14)22-19(24)12-23(27(3,25)26)15-9-10-16(20)17(21)11-15/h5-11,18H,4,12H2,1-3H3,(H,22,24). The molecule has 1 N–H and O–H groups in total. The van der Waals surface area contributed by atoms with Crippen LogP contribution in [0.4, 0.5) is 14.5 Å². The van der Waals surface area contributed by atoms with E-state index in [4.69, 9.17) is 0 Å². The van der Waals surface area contributed by atoms with Crippen molar-refractivity contribution < 1.29 is 22.0 Å². The SMILES string of the molecule is CCC(NC(=O)CN(c1ccc(F)c(F)c1)S(C)(=O)=O)c1ccc(C)cc1. The molecule has 0 aliphatic carbocycles. The molecule has 0 bridgehead atoms. The fraction of sp³-hybridized carbons (Fsp3) is 0.316. The largest absolute Gasteiger partial charge is 0.348 e. The van der Waals surface area contributed by atoms with Gasteiger partial charge >= 0.3 is 0 Å². The third-order valence-corrected chi connectivity index (χ3v) is 5.24. The Morgan fingerprint density at radius 2 is 1.74 bits per heavy atom. The molecule has 2 rings (SSSR count). The van der Waals surface area contributed by atoms with E-state index < -0.39 is 34.1 Å². The lowest BCUT2D eigenvalue weighted by atomic mass is 10.0. The number of amides is 1. The van der Waals surface area contributed by atoms with E-state index in [1.54, 1.807) is 0 Å². The summed E-state index contributed by atoms with van der Waals surface area (Å²) in [6.45, 7) is 3.32. The summed E-state index contributed by atoms with van der Waals surface area (Å²) in [4.78, 5) is 12.4. The third kappa shape index (κ3) is 5.50. The molecule has 0 radical (unpaired) electrons. The average Bonchev–Trinajstić information content (AvgIpc) is 2.60. The van der Waals surface area contributed by atoms with Gasteiger partial charge in [-0.05, 0) is 31.0 Å². The van der Waals surface area contributed by atoms with Crippen LogP contribution in [0.3, 0.4) is 0 Å². The number of anilines is 1. The van der Waals surface area contributed by atoms with E-state index in [0.29, 0.717) is 6.42 Å². The Bertz CT molecular complexity index is 915. The van der Waals surface area contributed by atoms with E-state index in [1.807, 2.05) is 38.1 Å².